The number of nitrogens with one attached hydrogen (secondary N) is 1. The molecule has 0 spiro atoms. The van der Waals surface area contributed by atoms with E-state index >= 15 is 0 Å². The molecule has 0 aromatic carbocycles. The molecular weight excluding hydrogens is 154 g/mol. The van der Waals surface area contributed by atoms with Crippen molar-refractivity contribution in [1.82, 2.24) is 5.32 Å². The van der Waals surface area contributed by atoms with Crippen LogP contribution in [0.1, 0.15) is 26.2 Å². The second-order valence-electron chi connectivity index (χ2n) is 4.05. The Hall–Kier alpha value is -0.120. The fourth-order valence-electron chi connectivity index (χ4n) is 1.66. The molecule has 1 saturated carbocycles. The Morgan fingerprint density at radius 3 is 2.58 bits per heavy atom. The third kappa shape index (κ3) is 2.73. The molecule has 0 aromatic rings. The first-order valence-corrected chi connectivity index (χ1v) is 4.61. The Morgan fingerprint density at radius 1 is 1.58 bits per heavy atom. The molecule has 0 unspecified atom stereocenters. The van der Waals surface area contributed by atoms with Crippen LogP contribution >= 0.6 is 0 Å². The Kier molecular flexibility index (Phi) is 3.09. The zero-order valence-corrected chi connectivity index (χ0v) is 7.88. The normalized spacial score (nSPS) is 25.0. The highest BCUT2D eigenvalue weighted by atomic mass is 16.3. The smallest absolute Gasteiger partial charge is 0.0691 e. The average Bonchev–Trinajstić information content (AvgIpc) is 2.65. The number of hydrogen-bond acceptors (Lipinski definition) is 3. The van der Waals surface area contributed by atoms with Gasteiger partial charge in [0.25, 0.3) is 0 Å². The maximum atomic E-state index is 9.86. The van der Waals surface area contributed by atoms with Gasteiger partial charge in [0.2, 0.25) is 0 Å². The Balaban J connectivity index is 2.27. The SMILES string of the molecule is CNC[C@@H](O)C[C@@](C)(O)C1CC1. The summed E-state index contributed by atoms with van der Waals surface area (Å²) in [5.74, 6) is 0.420. The van der Waals surface area contributed by atoms with Crippen LogP contribution in [0.5, 0.6) is 0 Å². The quantitative estimate of drug-likeness (QED) is 0.553. The second-order valence-corrected chi connectivity index (χ2v) is 4.05. The number of aliphatic hydroxyl groups excluding tert-OH is 1. The van der Waals surface area contributed by atoms with E-state index < -0.39 is 11.7 Å². The van der Waals surface area contributed by atoms with E-state index in [1.807, 2.05) is 6.92 Å². The Morgan fingerprint density at radius 2 is 2.17 bits per heavy atom. The molecule has 0 amide bonds. The highest BCUT2D eigenvalue weighted by Gasteiger charge is 2.40. The lowest BCUT2D eigenvalue weighted by Crippen LogP contribution is -2.36. The van der Waals surface area contributed by atoms with Crippen molar-refractivity contribution in [3.05, 3.63) is 0 Å². The molecule has 1 fully saturated rings. The molecule has 0 aliphatic heterocycles. The minimum Gasteiger partial charge on any atom is -0.392 e. The van der Waals surface area contributed by atoms with Gasteiger partial charge in [-0.2, -0.15) is 0 Å². The lowest BCUT2D eigenvalue weighted by molar-refractivity contribution is -0.0125. The summed E-state index contributed by atoms with van der Waals surface area (Å²) in [6.45, 7) is 2.38. The van der Waals surface area contributed by atoms with Gasteiger partial charge >= 0.3 is 0 Å². The van der Waals surface area contributed by atoms with Crippen molar-refractivity contribution in [3.63, 3.8) is 0 Å². The summed E-state index contributed by atoms with van der Waals surface area (Å²) in [5.41, 5.74) is -0.656. The summed E-state index contributed by atoms with van der Waals surface area (Å²) in [6, 6.07) is 0. The average molecular weight is 173 g/mol. The number of likely N-dealkylation sites (N-methyl/N-ethyl adjacent to an activating group) is 1. The van der Waals surface area contributed by atoms with Gasteiger partial charge in [0, 0.05) is 13.0 Å². The van der Waals surface area contributed by atoms with Crippen LogP contribution in [0.4, 0.5) is 0 Å². The first-order valence-electron chi connectivity index (χ1n) is 4.61. The molecule has 3 nitrogen and oxygen atoms in total. The highest BCUT2D eigenvalue weighted by molar-refractivity contribution is 4.92. The van der Waals surface area contributed by atoms with Crippen molar-refractivity contribution in [1.29, 1.82) is 0 Å². The van der Waals surface area contributed by atoms with Gasteiger partial charge in [0.15, 0.2) is 0 Å². The van der Waals surface area contributed by atoms with Gasteiger partial charge in [0.05, 0.1) is 11.7 Å². The van der Waals surface area contributed by atoms with Gasteiger partial charge in [-0.25, -0.2) is 0 Å². The summed E-state index contributed by atoms with van der Waals surface area (Å²) < 4.78 is 0. The molecule has 1 aliphatic rings. The van der Waals surface area contributed by atoms with E-state index in [1.165, 1.54) is 0 Å². The minimum absolute atomic E-state index is 0.420. The molecule has 0 saturated heterocycles. The van der Waals surface area contributed by atoms with E-state index in [9.17, 15) is 10.2 Å². The molecule has 0 radical (unpaired) electrons. The monoisotopic (exact) mass is 173 g/mol. The molecule has 0 aromatic heterocycles. The number of rotatable bonds is 5. The molecule has 1 aliphatic carbocycles. The van der Waals surface area contributed by atoms with E-state index in [2.05, 4.69) is 5.32 Å². The molecule has 2 atom stereocenters. The van der Waals surface area contributed by atoms with Gasteiger partial charge in [0.1, 0.15) is 0 Å². The molecule has 3 heteroatoms. The second kappa shape index (κ2) is 3.73. The number of hydrogen-bond donors (Lipinski definition) is 3. The lowest BCUT2D eigenvalue weighted by atomic mass is 9.93. The molecule has 0 heterocycles. The van der Waals surface area contributed by atoms with Crippen molar-refractivity contribution >= 4 is 0 Å². The first kappa shape index (κ1) is 9.96. The Labute approximate surface area is 73.8 Å². The standard InChI is InChI=1S/C9H19NO2/c1-9(12,7-3-4-7)5-8(11)6-10-2/h7-8,10-12H,3-6H2,1-2H3/t8-,9+/m0/s1. The summed E-state index contributed by atoms with van der Waals surface area (Å²) in [5, 5.41) is 22.2. The highest BCUT2D eigenvalue weighted by Crippen LogP contribution is 2.41. The van der Waals surface area contributed by atoms with Gasteiger partial charge in [-0.1, -0.05) is 0 Å². The van der Waals surface area contributed by atoms with Crippen LogP contribution in [0.25, 0.3) is 0 Å². The topological polar surface area (TPSA) is 52.5 Å². The summed E-state index contributed by atoms with van der Waals surface area (Å²) in [4.78, 5) is 0. The molecular formula is C9H19NO2. The van der Waals surface area contributed by atoms with Crippen LogP contribution < -0.4 is 5.32 Å². The van der Waals surface area contributed by atoms with E-state index in [0.717, 1.165) is 12.8 Å². The van der Waals surface area contributed by atoms with Crippen molar-refractivity contribution < 1.29 is 10.2 Å². The predicted molar refractivity (Wildman–Crippen MR) is 47.9 cm³/mol. The molecule has 0 bridgehead atoms. The molecule has 3 N–H and O–H groups in total. The van der Waals surface area contributed by atoms with E-state index in [1.54, 1.807) is 7.05 Å². The van der Waals surface area contributed by atoms with Crippen LogP contribution in [0, 0.1) is 5.92 Å². The van der Waals surface area contributed by atoms with Gasteiger partial charge in [-0.15, -0.1) is 0 Å². The van der Waals surface area contributed by atoms with E-state index in [4.69, 9.17) is 0 Å². The van der Waals surface area contributed by atoms with Crippen molar-refractivity contribution in [2.75, 3.05) is 13.6 Å². The number of aliphatic hydroxyl groups is 2. The van der Waals surface area contributed by atoms with Crippen LogP contribution in [-0.4, -0.2) is 35.5 Å². The third-order valence-corrected chi connectivity index (χ3v) is 2.55. The predicted octanol–water partition coefficient (Wildman–Crippen LogP) is 0.118. The maximum Gasteiger partial charge on any atom is 0.0691 e. The van der Waals surface area contributed by atoms with Gasteiger partial charge in [-0.3, -0.25) is 0 Å². The lowest BCUT2D eigenvalue weighted by Gasteiger charge is -2.25. The van der Waals surface area contributed by atoms with Crippen LogP contribution in [0.15, 0.2) is 0 Å². The fourth-order valence-corrected chi connectivity index (χ4v) is 1.66. The zero-order valence-electron chi connectivity index (χ0n) is 7.88. The van der Waals surface area contributed by atoms with Gasteiger partial charge in [-0.05, 0) is 32.7 Å². The fraction of sp³-hybridized carbons (Fsp3) is 1.00. The molecule has 1 rings (SSSR count). The maximum absolute atomic E-state index is 9.86. The van der Waals surface area contributed by atoms with Crippen LogP contribution in [-0.2, 0) is 0 Å². The van der Waals surface area contributed by atoms with Gasteiger partial charge < -0.3 is 15.5 Å². The minimum atomic E-state index is -0.656. The third-order valence-electron chi connectivity index (χ3n) is 2.55. The first-order chi connectivity index (χ1) is 5.56. The van der Waals surface area contributed by atoms with Crippen LogP contribution in [0.3, 0.4) is 0 Å². The summed E-state index contributed by atoms with van der Waals surface area (Å²) in [7, 11) is 1.80. The Bertz CT molecular complexity index is 143. The summed E-state index contributed by atoms with van der Waals surface area (Å²) >= 11 is 0. The van der Waals surface area contributed by atoms with E-state index in [-0.39, 0.29) is 0 Å². The molecule has 72 valence electrons. The largest absolute Gasteiger partial charge is 0.392 e. The molecule has 12 heavy (non-hydrogen) atoms. The van der Waals surface area contributed by atoms with Crippen molar-refractivity contribution in [3.8, 4) is 0 Å². The van der Waals surface area contributed by atoms with E-state index in [0.29, 0.717) is 18.9 Å². The van der Waals surface area contributed by atoms with Crippen LogP contribution in [0.2, 0.25) is 0 Å². The van der Waals surface area contributed by atoms with Crippen molar-refractivity contribution in [2.45, 2.75) is 37.9 Å². The van der Waals surface area contributed by atoms with Crippen molar-refractivity contribution in [2.24, 2.45) is 5.92 Å². The zero-order chi connectivity index (χ0) is 9.19. The summed E-state index contributed by atoms with van der Waals surface area (Å²) in [6.07, 6.45) is 2.28.